The van der Waals surface area contributed by atoms with Crippen LogP contribution in [0.15, 0.2) is 18.2 Å². The Morgan fingerprint density at radius 3 is 2.31 bits per heavy atom. The van der Waals surface area contributed by atoms with E-state index in [0.29, 0.717) is 56.8 Å². The lowest BCUT2D eigenvalue weighted by molar-refractivity contribution is -0.130. The van der Waals surface area contributed by atoms with E-state index in [1.807, 2.05) is 39.1 Å². The van der Waals surface area contributed by atoms with E-state index < -0.39 is 48.4 Å². The highest BCUT2D eigenvalue weighted by Crippen LogP contribution is 2.36. The molecular formula is C40H66N4O11. The van der Waals surface area contributed by atoms with Gasteiger partial charge in [-0.05, 0) is 88.4 Å². The van der Waals surface area contributed by atoms with Crippen molar-refractivity contribution in [1.29, 1.82) is 0 Å². The summed E-state index contributed by atoms with van der Waals surface area (Å²) in [5.41, 5.74) is 5.67. The molecule has 1 aromatic carbocycles. The first kappa shape index (κ1) is 45.6. The monoisotopic (exact) mass is 778 g/mol. The normalized spacial score (nSPS) is 19.2. The van der Waals surface area contributed by atoms with Crippen LogP contribution < -0.4 is 20.5 Å². The number of benzene rings is 1. The van der Waals surface area contributed by atoms with Crippen LogP contribution in [-0.4, -0.2) is 120 Å². The number of rotatable bonds is 21. The predicted octanol–water partition coefficient (Wildman–Crippen LogP) is 4.97. The number of hydrogen-bond donors (Lipinski definition) is 2. The first-order valence-electron chi connectivity index (χ1n) is 19.5. The van der Waals surface area contributed by atoms with Crippen molar-refractivity contribution in [3.63, 3.8) is 0 Å². The second kappa shape index (κ2) is 22.1. The Balaban J connectivity index is 1.79. The number of nitrogens with two attached hydrogens (primary N) is 1. The molecule has 55 heavy (non-hydrogen) atoms. The van der Waals surface area contributed by atoms with E-state index >= 15 is 0 Å². The summed E-state index contributed by atoms with van der Waals surface area (Å²) in [5.74, 6) is 0.257. The van der Waals surface area contributed by atoms with Gasteiger partial charge in [-0.2, -0.15) is 0 Å². The van der Waals surface area contributed by atoms with Crippen LogP contribution in [0.2, 0.25) is 0 Å². The van der Waals surface area contributed by atoms with E-state index in [4.69, 9.17) is 38.9 Å². The van der Waals surface area contributed by atoms with Crippen LogP contribution in [0.3, 0.4) is 0 Å². The quantitative estimate of drug-likeness (QED) is 0.0975. The summed E-state index contributed by atoms with van der Waals surface area (Å²) in [4.78, 5) is 55.2. The molecule has 0 bridgehead atoms. The number of ether oxygens (including phenoxy) is 7. The Labute approximate surface area is 327 Å². The van der Waals surface area contributed by atoms with Crippen molar-refractivity contribution in [3.8, 4) is 11.5 Å². The summed E-state index contributed by atoms with van der Waals surface area (Å²) in [6.07, 6.45) is 1.31. The Kier molecular flexibility index (Phi) is 18.3. The van der Waals surface area contributed by atoms with Gasteiger partial charge < -0.3 is 49.1 Å². The fraction of sp³-hybridized carbons (Fsp3) is 0.750. The largest absolute Gasteiger partial charge is 0.511 e. The molecule has 0 aliphatic carbocycles. The van der Waals surface area contributed by atoms with Crippen molar-refractivity contribution in [2.75, 3.05) is 67.6 Å². The third-order valence-corrected chi connectivity index (χ3v) is 10.7. The highest BCUT2D eigenvalue weighted by molar-refractivity contribution is 5.83. The molecule has 3 amide bonds. The third kappa shape index (κ3) is 14.3. The van der Waals surface area contributed by atoms with Gasteiger partial charge in [0.05, 0.1) is 31.3 Å². The highest BCUT2D eigenvalue weighted by atomic mass is 16.8. The fourth-order valence-corrected chi connectivity index (χ4v) is 6.77. The number of primary amides is 1. The molecule has 2 heterocycles. The van der Waals surface area contributed by atoms with E-state index in [2.05, 4.69) is 24.1 Å². The number of piperidine rings is 1. The lowest BCUT2D eigenvalue weighted by atomic mass is 9.80. The molecule has 3 rings (SSSR count). The fourth-order valence-electron chi connectivity index (χ4n) is 6.77. The minimum Gasteiger partial charge on any atom is -0.493 e. The zero-order chi connectivity index (χ0) is 40.7. The van der Waals surface area contributed by atoms with Gasteiger partial charge >= 0.3 is 12.2 Å². The minimum atomic E-state index is -0.924. The highest BCUT2D eigenvalue weighted by Gasteiger charge is 2.43. The number of methoxy groups -OCH3 is 2. The molecule has 3 N–H and O–H groups in total. The molecule has 1 aromatic rings. The average Bonchev–Trinajstić information content (AvgIpc) is 3.53. The number of likely N-dealkylation sites (tertiary alicyclic amines) is 1. The van der Waals surface area contributed by atoms with E-state index in [9.17, 15) is 19.2 Å². The van der Waals surface area contributed by atoms with Gasteiger partial charge in [0.25, 0.3) is 0 Å². The standard InChI is InChI=1S/C40H66N4O11/c1-26(2)29(19-28-11-12-33(50-9)35(20-28)51-18-10-17-49-8)21-32-34(22-31(27(3)4)36(45)42-23-40(5,6)37(41)46)52-24-44(32)38(47)53-25-54-39(48)55-30-13-15-43(7)16-14-30/h11-12,20,26-27,29-32,34H,10,13-19,21-25H2,1-9H3,(H2,41,46)(H,42,45)/t29-,31-,32-,34-/m0/s1. The molecule has 0 aromatic heterocycles. The van der Waals surface area contributed by atoms with Crippen LogP contribution >= 0.6 is 0 Å². The lowest BCUT2D eigenvalue weighted by Gasteiger charge is -2.33. The second-order valence-electron chi connectivity index (χ2n) is 16.1. The van der Waals surface area contributed by atoms with Crippen LogP contribution in [0.25, 0.3) is 0 Å². The number of carbonyl (C=O) groups excluding carboxylic acids is 4. The van der Waals surface area contributed by atoms with Crippen LogP contribution in [0.4, 0.5) is 9.59 Å². The smallest absolute Gasteiger partial charge is 0.493 e. The Morgan fingerprint density at radius 1 is 0.982 bits per heavy atom. The van der Waals surface area contributed by atoms with Gasteiger partial charge in [-0.25, -0.2) is 9.59 Å². The zero-order valence-corrected chi connectivity index (χ0v) is 34.4. The van der Waals surface area contributed by atoms with Crippen LogP contribution in [0, 0.1) is 29.1 Å². The first-order valence-corrected chi connectivity index (χ1v) is 19.5. The van der Waals surface area contributed by atoms with Crippen molar-refractivity contribution >= 4 is 24.1 Å². The third-order valence-electron chi connectivity index (χ3n) is 10.7. The summed E-state index contributed by atoms with van der Waals surface area (Å²) >= 11 is 0. The molecule has 4 atom stereocenters. The van der Waals surface area contributed by atoms with Crippen LogP contribution in [0.1, 0.15) is 79.2 Å². The molecule has 15 nitrogen and oxygen atoms in total. The van der Waals surface area contributed by atoms with E-state index in [-0.39, 0.29) is 43.0 Å². The summed E-state index contributed by atoms with van der Waals surface area (Å²) in [6, 6.07) is 5.43. The van der Waals surface area contributed by atoms with Gasteiger partial charge in [0, 0.05) is 45.7 Å². The van der Waals surface area contributed by atoms with Gasteiger partial charge in [-0.15, -0.1) is 0 Å². The van der Waals surface area contributed by atoms with Gasteiger partial charge in [0.1, 0.15) is 12.8 Å². The van der Waals surface area contributed by atoms with Crippen molar-refractivity contribution in [3.05, 3.63) is 23.8 Å². The SMILES string of the molecule is COCCCOc1cc(C[C@@H](C[C@H]2[C@H](C[C@H](C(=O)NCC(C)(C)C(N)=O)C(C)C)OCN2C(=O)OCOC(=O)OC2CCN(C)CC2)C(C)C)ccc1OC. The van der Waals surface area contributed by atoms with Gasteiger partial charge in [-0.1, -0.05) is 33.8 Å². The summed E-state index contributed by atoms with van der Waals surface area (Å²) < 4.78 is 39.0. The average molecular weight is 779 g/mol. The van der Waals surface area contributed by atoms with E-state index in [1.54, 1.807) is 28.1 Å². The molecule has 0 unspecified atom stereocenters. The number of nitrogens with zero attached hydrogens (tertiary/aromatic N) is 2. The van der Waals surface area contributed by atoms with Gasteiger partial charge in [0.2, 0.25) is 18.6 Å². The molecule has 15 heteroatoms. The molecule has 2 saturated heterocycles. The molecule has 2 aliphatic heterocycles. The first-order chi connectivity index (χ1) is 26.1. The predicted molar refractivity (Wildman–Crippen MR) is 205 cm³/mol. The molecular weight excluding hydrogens is 712 g/mol. The Hall–Kier alpha value is -3.82. The van der Waals surface area contributed by atoms with Crippen molar-refractivity contribution in [1.82, 2.24) is 15.1 Å². The van der Waals surface area contributed by atoms with Crippen LogP contribution in [0.5, 0.6) is 11.5 Å². The Morgan fingerprint density at radius 2 is 1.69 bits per heavy atom. The molecule has 2 aliphatic rings. The maximum Gasteiger partial charge on any atom is 0.511 e. The molecule has 312 valence electrons. The number of amides is 3. The summed E-state index contributed by atoms with van der Waals surface area (Å²) in [5, 5.41) is 2.91. The maximum atomic E-state index is 13.6. The Bertz CT molecular complexity index is 1380. The molecule has 0 saturated carbocycles. The maximum absolute atomic E-state index is 13.6. The van der Waals surface area contributed by atoms with Crippen molar-refractivity contribution < 1.29 is 52.3 Å². The van der Waals surface area contributed by atoms with E-state index in [0.717, 1.165) is 25.1 Å². The van der Waals surface area contributed by atoms with Crippen LogP contribution in [-0.2, 0) is 39.7 Å². The number of hydrogen-bond acceptors (Lipinski definition) is 12. The number of carbonyl (C=O) groups is 4. The summed E-state index contributed by atoms with van der Waals surface area (Å²) in [7, 11) is 5.27. The van der Waals surface area contributed by atoms with E-state index in [1.165, 1.54) is 4.90 Å². The topological polar surface area (TPSA) is 177 Å². The zero-order valence-electron chi connectivity index (χ0n) is 34.4. The van der Waals surface area contributed by atoms with Crippen molar-refractivity contribution in [2.24, 2.45) is 34.8 Å². The lowest BCUT2D eigenvalue weighted by Crippen LogP contribution is -2.47. The molecule has 0 radical (unpaired) electrons. The second-order valence-corrected chi connectivity index (χ2v) is 16.1. The molecule has 2 fully saturated rings. The number of nitrogens with one attached hydrogen (secondary N) is 1. The molecule has 0 spiro atoms. The van der Waals surface area contributed by atoms with Crippen molar-refractivity contribution in [2.45, 2.75) is 98.3 Å². The summed E-state index contributed by atoms with van der Waals surface area (Å²) in [6.45, 7) is 13.7. The van der Waals surface area contributed by atoms with Gasteiger partial charge in [0.15, 0.2) is 11.5 Å². The van der Waals surface area contributed by atoms with Gasteiger partial charge in [-0.3, -0.25) is 14.5 Å². The minimum absolute atomic E-state index is 0.0673.